The molecule has 2 nitrogen and oxygen atoms in total. The Balaban J connectivity index is 2.18. The zero-order chi connectivity index (χ0) is 13.1. The summed E-state index contributed by atoms with van der Waals surface area (Å²) in [5, 5.41) is 0. The van der Waals surface area contributed by atoms with Crippen molar-refractivity contribution in [3.8, 4) is 0 Å². The van der Waals surface area contributed by atoms with E-state index in [0.29, 0.717) is 18.0 Å². The molecule has 3 atom stereocenters. The van der Waals surface area contributed by atoms with Gasteiger partial charge in [-0.25, -0.2) is 0 Å². The highest BCUT2D eigenvalue weighted by atomic mass is 79.9. The summed E-state index contributed by atoms with van der Waals surface area (Å²) in [5.74, 6) is 0.668. The molecule has 18 heavy (non-hydrogen) atoms. The molecule has 0 bridgehead atoms. The molecule has 2 N–H and O–H groups in total. The van der Waals surface area contributed by atoms with Gasteiger partial charge in [0.15, 0.2) is 0 Å². The lowest BCUT2D eigenvalue weighted by Gasteiger charge is -2.31. The van der Waals surface area contributed by atoms with Gasteiger partial charge in [-0.3, -0.25) is 4.90 Å². The van der Waals surface area contributed by atoms with Gasteiger partial charge in [-0.1, -0.05) is 35.0 Å². The highest BCUT2D eigenvalue weighted by Gasteiger charge is 2.32. The zero-order valence-electron chi connectivity index (χ0n) is 11.3. The summed E-state index contributed by atoms with van der Waals surface area (Å²) in [6.45, 7) is 6.56. The first-order valence-electron chi connectivity index (χ1n) is 6.87. The number of nitrogens with two attached hydrogens (primary N) is 1. The van der Waals surface area contributed by atoms with Gasteiger partial charge in [0.1, 0.15) is 0 Å². The van der Waals surface area contributed by atoms with Crippen molar-refractivity contribution in [2.24, 2.45) is 11.7 Å². The number of rotatable bonds is 4. The van der Waals surface area contributed by atoms with Crippen molar-refractivity contribution in [3.63, 3.8) is 0 Å². The van der Waals surface area contributed by atoms with Crippen LogP contribution in [0.5, 0.6) is 0 Å². The molecule has 1 aliphatic heterocycles. The first-order chi connectivity index (χ1) is 8.65. The molecule has 0 spiro atoms. The van der Waals surface area contributed by atoms with Gasteiger partial charge in [-0.2, -0.15) is 0 Å². The third kappa shape index (κ3) is 2.95. The maximum Gasteiger partial charge on any atom is 0.0348 e. The lowest BCUT2D eigenvalue weighted by Crippen LogP contribution is -2.32. The zero-order valence-corrected chi connectivity index (χ0v) is 12.9. The summed E-state index contributed by atoms with van der Waals surface area (Å²) in [6.07, 6.45) is 2.39. The third-order valence-electron chi connectivity index (χ3n) is 4.06. The van der Waals surface area contributed by atoms with Crippen LogP contribution in [0.2, 0.25) is 0 Å². The largest absolute Gasteiger partial charge is 0.330 e. The Morgan fingerprint density at radius 2 is 2.28 bits per heavy atom. The molecule has 1 saturated heterocycles. The molecular formula is C15H23BrN2. The lowest BCUT2D eigenvalue weighted by atomic mass is 10.0. The van der Waals surface area contributed by atoms with Crippen molar-refractivity contribution in [1.82, 2.24) is 4.90 Å². The Hall–Kier alpha value is -0.380. The van der Waals surface area contributed by atoms with Crippen LogP contribution in [0.3, 0.4) is 0 Å². The second kappa shape index (κ2) is 6.18. The van der Waals surface area contributed by atoms with Crippen LogP contribution in [-0.2, 0) is 0 Å². The second-order valence-corrected chi connectivity index (χ2v) is 6.28. The summed E-state index contributed by atoms with van der Waals surface area (Å²) >= 11 is 3.57. The summed E-state index contributed by atoms with van der Waals surface area (Å²) in [7, 11) is 0. The van der Waals surface area contributed by atoms with Crippen LogP contribution >= 0.6 is 15.9 Å². The van der Waals surface area contributed by atoms with E-state index in [-0.39, 0.29) is 0 Å². The molecule has 1 fully saturated rings. The van der Waals surface area contributed by atoms with Gasteiger partial charge in [-0.15, -0.1) is 0 Å². The van der Waals surface area contributed by atoms with E-state index in [1.54, 1.807) is 0 Å². The molecular weight excluding hydrogens is 288 g/mol. The van der Waals surface area contributed by atoms with Crippen LogP contribution in [0.1, 0.15) is 38.3 Å². The molecule has 1 aromatic rings. The van der Waals surface area contributed by atoms with Crippen molar-refractivity contribution < 1.29 is 0 Å². The molecule has 1 aromatic carbocycles. The van der Waals surface area contributed by atoms with Gasteiger partial charge in [0.2, 0.25) is 0 Å². The summed E-state index contributed by atoms with van der Waals surface area (Å²) < 4.78 is 1.17. The Labute approximate surface area is 119 Å². The number of likely N-dealkylation sites (tertiary alicyclic amines) is 1. The molecule has 0 aromatic heterocycles. The van der Waals surface area contributed by atoms with E-state index in [2.05, 4.69) is 58.9 Å². The van der Waals surface area contributed by atoms with E-state index < -0.39 is 0 Å². The summed E-state index contributed by atoms with van der Waals surface area (Å²) in [6, 6.07) is 9.87. The molecule has 1 heterocycles. The smallest absolute Gasteiger partial charge is 0.0348 e. The molecule has 0 saturated carbocycles. The Morgan fingerprint density at radius 3 is 2.83 bits per heavy atom. The number of hydrogen-bond donors (Lipinski definition) is 1. The van der Waals surface area contributed by atoms with Crippen LogP contribution in [0.15, 0.2) is 28.7 Å². The second-order valence-electron chi connectivity index (χ2n) is 5.36. The number of hydrogen-bond acceptors (Lipinski definition) is 2. The minimum Gasteiger partial charge on any atom is -0.330 e. The first kappa shape index (κ1) is 14.0. The van der Waals surface area contributed by atoms with E-state index in [1.165, 1.54) is 16.5 Å². The standard InChI is InChI=1S/C15H23BrN2/c1-3-15(13-5-4-6-14(16)8-13)18-10-12(9-17)7-11(18)2/h4-6,8,11-12,15H,3,7,9-10,17H2,1-2H3. The number of halogens is 1. The highest BCUT2D eigenvalue weighted by Crippen LogP contribution is 2.34. The first-order valence-corrected chi connectivity index (χ1v) is 7.66. The predicted octanol–water partition coefficient (Wildman–Crippen LogP) is 3.57. The third-order valence-corrected chi connectivity index (χ3v) is 4.56. The fourth-order valence-corrected chi connectivity index (χ4v) is 3.57. The monoisotopic (exact) mass is 310 g/mol. The van der Waals surface area contributed by atoms with Gasteiger partial charge in [0.05, 0.1) is 0 Å². The van der Waals surface area contributed by atoms with Crippen molar-refractivity contribution >= 4 is 15.9 Å². The highest BCUT2D eigenvalue weighted by molar-refractivity contribution is 9.10. The Bertz CT molecular complexity index is 394. The topological polar surface area (TPSA) is 29.3 Å². The van der Waals surface area contributed by atoms with Gasteiger partial charge in [0.25, 0.3) is 0 Å². The maximum atomic E-state index is 5.83. The van der Waals surface area contributed by atoms with Crippen molar-refractivity contribution in [2.45, 2.75) is 38.8 Å². The quantitative estimate of drug-likeness (QED) is 0.921. The van der Waals surface area contributed by atoms with Crippen LogP contribution in [-0.4, -0.2) is 24.0 Å². The Morgan fingerprint density at radius 1 is 1.50 bits per heavy atom. The number of nitrogens with zero attached hydrogens (tertiary/aromatic N) is 1. The van der Waals surface area contributed by atoms with Crippen molar-refractivity contribution in [1.29, 1.82) is 0 Å². The predicted molar refractivity (Wildman–Crippen MR) is 80.5 cm³/mol. The SMILES string of the molecule is CCC(c1cccc(Br)c1)N1CC(CN)CC1C. The van der Waals surface area contributed by atoms with Gasteiger partial charge < -0.3 is 5.73 Å². The molecule has 1 aliphatic rings. The van der Waals surface area contributed by atoms with Crippen molar-refractivity contribution in [2.75, 3.05) is 13.1 Å². The van der Waals surface area contributed by atoms with Crippen LogP contribution < -0.4 is 5.73 Å². The molecule has 0 radical (unpaired) electrons. The minimum atomic E-state index is 0.522. The molecule has 0 aliphatic carbocycles. The van der Waals surface area contributed by atoms with Gasteiger partial charge in [-0.05, 0) is 49.9 Å². The average Bonchev–Trinajstić information content (AvgIpc) is 2.72. The number of benzene rings is 1. The van der Waals surface area contributed by atoms with E-state index >= 15 is 0 Å². The minimum absolute atomic E-state index is 0.522. The molecule has 3 heteroatoms. The van der Waals surface area contributed by atoms with E-state index in [0.717, 1.165) is 19.5 Å². The van der Waals surface area contributed by atoms with Gasteiger partial charge >= 0.3 is 0 Å². The normalized spacial score (nSPS) is 26.4. The maximum absolute atomic E-state index is 5.83. The molecule has 100 valence electrons. The van der Waals surface area contributed by atoms with E-state index in [9.17, 15) is 0 Å². The summed E-state index contributed by atoms with van der Waals surface area (Å²) in [4.78, 5) is 2.62. The fraction of sp³-hybridized carbons (Fsp3) is 0.600. The van der Waals surface area contributed by atoms with Crippen LogP contribution in [0.4, 0.5) is 0 Å². The fourth-order valence-electron chi connectivity index (χ4n) is 3.15. The molecule has 3 unspecified atom stereocenters. The van der Waals surface area contributed by atoms with Crippen LogP contribution in [0.25, 0.3) is 0 Å². The van der Waals surface area contributed by atoms with Crippen molar-refractivity contribution in [3.05, 3.63) is 34.3 Å². The summed E-state index contributed by atoms with van der Waals surface area (Å²) in [5.41, 5.74) is 7.24. The van der Waals surface area contributed by atoms with E-state index in [1.807, 2.05) is 0 Å². The van der Waals surface area contributed by atoms with Crippen LogP contribution in [0, 0.1) is 5.92 Å². The molecule has 0 amide bonds. The average molecular weight is 311 g/mol. The molecule has 2 rings (SSSR count). The van der Waals surface area contributed by atoms with E-state index in [4.69, 9.17) is 5.73 Å². The van der Waals surface area contributed by atoms with Gasteiger partial charge in [0, 0.05) is 23.1 Å². The Kier molecular flexibility index (Phi) is 4.82. The lowest BCUT2D eigenvalue weighted by molar-refractivity contribution is 0.182.